The molecule has 4 nitrogen and oxygen atoms in total. The Kier molecular flexibility index (Phi) is 5.94. The highest BCUT2D eigenvalue weighted by Gasteiger charge is 2.38. The number of carbonyl (C=O) groups excluding carboxylic acids is 2. The molecule has 1 aliphatic rings. The molecule has 0 fully saturated rings. The van der Waals surface area contributed by atoms with E-state index in [4.69, 9.17) is 0 Å². The summed E-state index contributed by atoms with van der Waals surface area (Å²) in [5.74, 6) is -0.773. The van der Waals surface area contributed by atoms with Crippen LogP contribution in [0.15, 0.2) is 24.3 Å². The minimum atomic E-state index is -1.02. The molecule has 2 amide bonds. The molecule has 114 valence electrons. The van der Waals surface area contributed by atoms with E-state index < -0.39 is 6.23 Å². The molecule has 0 bridgehead atoms. The predicted molar refractivity (Wildman–Crippen MR) is 84.4 cm³/mol. The average molecular weight is 354 g/mol. The van der Waals surface area contributed by atoms with E-state index in [1.807, 2.05) is 0 Å². The highest BCUT2D eigenvalue weighted by molar-refractivity contribution is 9.09. The fraction of sp³-hybridized carbons (Fsp3) is 0.500. The summed E-state index contributed by atoms with van der Waals surface area (Å²) in [6.45, 7) is 0. The van der Waals surface area contributed by atoms with Crippen LogP contribution in [0.2, 0.25) is 0 Å². The van der Waals surface area contributed by atoms with Gasteiger partial charge >= 0.3 is 0 Å². The maximum absolute atomic E-state index is 12.2. The molecule has 0 saturated heterocycles. The number of aliphatic hydroxyl groups is 1. The third-order valence-electron chi connectivity index (χ3n) is 3.72. The summed E-state index contributed by atoms with van der Waals surface area (Å²) in [4.78, 5) is 25.3. The van der Waals surface area contributed by atoms with E-state index in [0.717, 1.165) is 42.3 Å². The SMILES string of the molecule is O=C1c2ccccc2C(=O)N1C(O)CCCCCCCBr. The van der Waals surface area contributed by atoms with Gasteiger partial charge in [0.1, 0.15) is 6.23 Å². The van der Waals surface area contributed by atoms with Gasteiger partial charge in [-0.2, -0.15) is 0 Å². The van der Waals surface area contributed by atoms with Crippen molar-refractivity contribution in [2.45, 2.75) is 44.8 Å². The Morgan fingerprint density at radius 2 is 1.48 bits per heavy atom. The zero-order valence-corrected chi connectivity index (χ0v) is 13.5. The summed E-state index contributed by atoms with van der Waals surface area (Å²) in [6.07, 6.45) is 4.67. The van der Waals surface area contributed by atoms with Crippen molar-refractivity contribution in [2.24, 2.45) is 0 Å². The van der Waals surface area contributed by atoms with E-state index in [1.165, 1.54) is 0 Å². The van der Waals surface area contributed by atoms with Crippen LogP contribution in [0.3, 0.4) is 0 Å². The van der Waals surface area contributed by atoms with Gasteiger partial charge in [0.25, 0.3) is 11.8 Å². The van der Waals surface area contributed by atoms with Gasteiger partial charge in [0.2, 0.25) is 0 Å². The number of alkyl halides is 1. The predicted octanol–water partition coefficient (Wildman–Crippen LogP) is 3.34. The second-order valence-corrected chi connectivity index (χ2v) is 6.04. The number of rotatable bonds is 8. The second kappa shape index (κ2) is 7.71. The highest BCUT2D eigenvalue weighted by Crippen LogP contribution is 2.25. The van der Waals surface area contributed by atoms with Crippen LogP contribution < -0.4 is 0 Å². The monoisotopic (exact) mass is 353 g/mol. The maximum atomic E-state index is 12.2. The Morgan fingerprint density at radius 1 is 0.952 bits per heavy atom. The summed E-state index contributed by atoms with van der Waals surface area (Å²) >= 11 is 3.39. The van der Waals surface area contributed by atoms with Crippen LogP contribution >= 0.6 is 15.9 Å². The van der Waals surface area contributed by atoms with Crippen molar-refractivity contribution >= 4 is 27.7 Å². The van der Waals surface area contributed by atoms with E-state index in [-0.39, 0.29) is 11.8 Å². The Morgan fingerprint density at radius 3 is 2.05 bits per heavy atom. The fourth-order valence-corrected chi connectivity index (χ4v) is 2.96. The fourth-order valence-electron chi connectivity index (χ4n) is 2.56. The molecule has 5 heteroatoms. The van der Waals surface area contributed by atoms with Gasteiger partial charge < -0.3 is 5.11 Å². The summed E-state index contributed by atoms with van der Waals surface area (Å²) in [5.41, 5.74) is 0.776. The molecule has 1 aliphatic heterocycles. The number of carbonyl (C=O) groups is 2. The molecule has 0 aliphatic carbocycles. The number of imide groups is 1. The molecule has 0 radical (unpaired) electrons. The smallest absolute Gasteiger partial charge is 0.263 e. The third kappa shape index (κ3) is 3.71. The van der Waals surface area contributed by atoms with Crippen molar-refractivity contribution in [3.63, 3.8) is 0 Å². The van der Waals surface area contributed by atoms with Gasteiger partial charge in [0.15, 0.2) is 0 Å². The Labute approximate surface area is 133 Å². The van der Waals surface area contributed by atoms with Crippen LogP contribution in [-0.4, -0.2) is 33.4 Å². The van der Waals surface area contributed by atoms with Crippen molar-refractivity contribution in [2.75, 3.05) is 5.33 Å². The van der Waals surface area contributed by atoms with Crippen molar-refractivity contribution in [1.29, 1.82) is 0 Å². The van der Waals surface area contributed by atoms with E-state index in [2.05, 4.69) is 15.9 Å². The minimum absolute atomic E-state index is 0.387. The first-order valence-corrected chi connectivity index (χ1v) is 8.50. The number of aliphatic hydroxyl groups excluding tert-OH is 1. The van der Waals surface area contributed by atoms with Crippen LogP contribution in [0.5, 0.6) is 0 Å². The van der Waals surface area contributed by atoms with Gasteiger partial charge in [-0.25, -0.2) is 4.90 Å². The Hall–Kier alpha value is -1.20. The molecule has 2 rings (SSSR count). The highest BCUT2D eigenvalue weighted by atomic mass is 79.9. The minimum Gasteiger partial charge on any atom is -0.373 e. The number of hydrogen-bond acceptors (Lipinski definition) is 3. The lowest BCUT2D eigenvalue weighted by atomic mass is 10.1. The van der Waals surface area contributed by atoms with Gasteiger partial charge in [-0.1, -0.05) is 47.3 Å². The molecule has 1 unspecified atom stereocenters. The van der Waals surface area contributed by atoms with Gasteiger partial charge in [0.05, 0.1) is 11.1 Å². The number of unbranched alkanes of at least 4 members (excludes halogenated alkanes) is 4. The number of halogens is 1. The van der Waals surface area contributed by atoms with Crippen LogP contribution in [0.4, 0.5) is 0 Å². The lowest BCUT2D eigenvalue weighted by Gasteiger charge is -2.21. The Balaban J connectivity index is 1.85. The number of nitrogens with zero attached hydrogens (tertiary/aromatic N) is 1. The van der Waals surface area contributed by atoms with Gasteiger partial charge in [-0.3, -0.25) is 9.59 Å². The molecular weight excluding hydrogens is 334 g/mol. The van der Waals surface area contributed by atoms with Crippen molar-refractivity contribution in [3.05, 3.63) is 35.4 Å². The molecule has 21 heavy (non-hydrogen) atoms. The van der Waals surface area contributed by atoms with Crippen molar-refractivity contribution in [1.82, 2.24) is 4.90 Å². The van der Waals surface area contributed by atoms with E-state index in [9.17, 15) is 14.7 Å². The summed E-state index contributed by atoms with van der Waals surface area (Å²) in [6, 6.07) is 6.71. The van der Waals surface area contributed by atoms with Gasteiger partial charge in [0, 0.05) is 5.33 Å². The average Bonchev–Trinajstić information content (AvgIpc) is 2.75. The van der Waals surface area contributed by atoms with Crippen molar-refractivity contribution in [3.8, 4) is 0 Å². The van der Waals surface area contributed by atoms with Crippen molar-refractivity contribution < 1.29 is 14.7 Å². The molecule has 1 aromatic carbocycles. The summed E-state index contributed by atoms with van der Waals surface area (Å²) < 4.78 is 0. The number of benzene rings is 1. The summed E-state index contributed by atoms with van der Waals surface area (Å²) in [7, 11) is 0. The molecule has 0 saturated carbocycles. The molecule has 1 aromatic rings. The third-order valence-corrected chi connectivity index (χ3v) is 4.28. The zero-order valence-electron chi connectivity index (χ0n) is 11.9. The lowest BCUT2D eigenvalue weighted by molar-refractivity contribution is 0.00963. The molecular formula is C16H20BrNO3. The molecule has 0 spiro atoms. The quantitative estimate of drug-likeness (QED) is 0.443. The van der Waals surface area contributed by atoms with Crippen LogP contribution in [0.1, 0.15) is 59.2 Å². The van der Waals surface area contributed by atoms with E-state index >= 15 is 0 Å². The Bertz CT molecular complexity index is 483. The second-order valence-electron chi connectivity index (χ2n) is 5.25. The lowest BCUT2D eigenvalue weighted by Crippen LogP contribution is -2.39. The first kappa shape index (κ1) is 16.2. The van der Waals surface area contributed by atoms with E-state index in [0.29, 0.717) is 17.5 Å². The largest absolute Gasteiger partial charge is 0.373 e. The standard InChI is InChI=1S/C16H20BrNO3/c17-11-7-3-1-2-4-10-14(19)18-15(20)12-8-5-6-9-13(12)16(18)21/h5-6,8-9,14,19H,1-4,7,10-11H2. The first-order valence-electron chi connectivity index (χ1n) is 7.37. The zero-order chi connectivity index (χ0) is 15.2. The van der Waals surface area contributed by atoms with E-state index in [1.54, 1.807) is 24.3 Å². The van der Waals surface area contributed by atoms with Gasteiger partial charge in [-0.05, 0) is 31.4 Å². The van der Waals surface area contributed by atoms with Crippen LogP contribution in [-0.2, 0) is 0 Å². The maximum Gasteiger partial charge on any atom is 0.263 e. The molecule has 1 heterocycles. The molecule has 1 atom stereocenters. The summed E-state index contributed by atoms with van der Waals surface area (Å²) in [5, 5.41) is 11.2. The topological polar surface area (TPSA) is 57.6 Å². The van der Waals surface area contributed by atoms with Crippen LogP contribution in [0, 0.1) is 0 Å². The molecule has 1 N–H and O–H groups in total. The molecule has 0 aromatic heterocycles. The number of hydrogen-bond donors (Lipinski definition) is 1. The first-order chi connectivity index (χ1) is 10.2. The van der Waals surface area contributed by atoms with Gasteiger partial charge in [-0.15, -0.1) is 0 Å². The number of fused-ring (bicyclic) bond motifs is 1. The normalized spacial score (nSPS) is 15.4. The number of amides is 2. The van der Waals surface area contributed by atoms with Crippen LogP contribution in [0.25, 0.3) is 0 Å².